The zero-order valence-corrected chi connectivity index (χ0v) is 10.7. The Morgan fingerprint density at radius 2 is 2.32 bits per heavy atom. The quantitative estimate of drug-likeness (QED) is 0.774. The zero-order chi connectivity index (χ0) is 13.7. The molecular weight excluding hydrogens is 244 g/mol. The molecule has 0 atom stereocenters. The summed E-state index contributed by atoms with van der Waals surface area (Å²) in [6.07, 6.45) is 6.40. The fourth-order valence-corrected chi connectivity index (χ4v) is 1.78. The van der Waals surface area contributed by atoms with Gasteiger partial charge in [-0.1, -0.05) is 0 Å². The van der Waals surface area contributed by atoms with Crippen LogP contribution < -0.4 is 5.32 Å². The number of carbonyl (C=O) groups is 1. The Kier molecular flexibility index (Phi) is 4.12. The lowest BCUT2D eigenvalue weighted by Gasteiger charge is -2.08. The zero-order valence-electron chi connectivity index (χ0n) is 10.7. The molecule has 100 valence electrons. The maximum atomic E-state index is 10.9. The number of nitrogens with one attached hydrogen (secondary N) is 1. The molecule has 0 aliphatic carbocycles. The summed E-state index contributed by atoms with van der Waals surface area (Å²) >= 11 is 0. The summed E-state index contributed by atoms with van der Waals surface area (Å²) in [6, 6.07) is 3.26. The standard InChI is InChI=1S/C13H16N4O2/c1-10-11(13(18)19)3-4-12(16-10)15-5-2-7-17-8-6-14-9-17/h3-4,6,8-9H,2,5,7H2,1H3,(H,15,16)(H,18,19). The Hall–Kier alpha value is -2.37. The first-order valence-electron chi connectivity index (χ1n) is 6.07. The molecule has 6 nitrogen and oxygen atoms in total. The van der Waals surface area contributed by atoms with Gasteiger partial charge in [-0.05, 0) is 25.5 Å². The second-order valence-electron chi connectivity index (χ2n) is 4.22. The van der Waals surface area contributed by atoms with Crippen LogP contribution in [0.25, 0.3) is 0 Å². The van der Waals surface area contributed by atoms with E-state index in [0.717, 1.165) is 19.5 Å². The van der Waals surface area contributed by atoms with Gasteiger partial charge >= 0.3 is 5.97 Å². The van der Waals surface area contributed by atoms with Gasteiger partial charge < -0.3 is 15.0 Å². The van der Waals surface area contributed by atoms with Crippen LogP contribution in [0.2, 0.25) is 0 Å². The molecule has 0 aliphatic heterocycles. The highest BCUT2D eigenvalue weighted by Crippen LogP contribution is 2.10. The number of hydrogen-bond acceptors (Lipinski definition) is 4. The fourth-order valence-electron chi connectivity index (χ4n) is 1.78. The third-order valence-electron chi connectivity index (χ3n) is 2.77. The molecular formula is C13H16N4O2. The van der Waals surface area contributed by atoms with Crippen molar-refractivity contribution in [3.05, 3.63) is 42.1 Å². The summed E-state index contributed by atoms with van der Waals surface area (Å²) in [5.41, 5.74) is 0.760. The van der Waals surface area contributed by atoms with E-state index in [9.17, 15) is 4.79 Å². The van der Waals surface area contributed by atoms with Gasteiger partial charge in [0.25, 0.3) is 0 Å². The third kappa shape index (κ3) is 3.54. The van der Waals surface area contributed by atoms with Crippen molar-refractivity contribution in [2.75, 3.05) is 11.9 Å². The van der Waals surface area contributed by atoms with E-state index in [1.54, 1.807) is 31.6 Å². The van der Waals surface area contributed by atoms with Crippen molar-refractivity contribution < 1.29 is 9.90 Å². The molecule has 0 unspecified atom stereocenters. The van der Waals surface area contributed by atoms with Gasteiger partial charge in [0, 0.05) is 25.5 Å². The monoisotopic (exact) mass is 260 g/mol. The molecule has 0 aliphatic rings. The molecule has 2 aromatic heterocycles. The highest BCUT2D eigenvalue weighted by atomic mass is 16.4. The molecule has 19 heavy (non-hydrogen) atoms. The maximum Gasteiger partial charge on any atom is 0.337 e. The van der Waals surface area contributed by atoms with E-state index < -0.39 is 5.97 Å². The highest BCUT2D eigenvalue weighted by Gasteiger charge is 2.08. The number of hydrogen-bond donors (Lipinski definition) is 2. The Morgan fingerprint density at radius 3 is 2.95 bits per heavy atom. The molecule has 0 saturated carbocycles. The number of anilines is 1. The lowest BCUT2D eigenvalue weighted by Crippen LogP contribution is -2.09. The molecule has 0 fully saturated rings. The average Bonchev–Trinajstić information content (AvgIpc) is 2.87. The summed E-state index contributed by atoms with van der Waals surface area (Å²) in [4.78, 5) is 19.0. The molecule has 2 aromatic rings. The molecule has 0 amide bonds. The minimum absolute atomic E-state index is 0.240. The van der Waals surface area contributed by atoms with E-state index in [2.05, 4.69) is 15.3 Å². The molecule has 2 N–H and O–H groups in total. The molecule has 0 bridgehead atoms. The number of imidazole rings is 1. The Morgan fingerprint density at radius 1 is 1.47 bits per heavy atom. The van der Waals surface area contributed by atoms with Crippen LogP contribution in [0.5, 0.6) is 0 Å². The number of carboxylic acid groups (broad SMARTS) is 1. The van der Waals surface area contributed by atoms with Gasteiger partial charge in [0.1, 0.15) is 5.82 Å². The van der Waals surface area contributed by atoms with Crippen molar-refractivity contribution in [1.82, 2.24) is 14.5 Å². The van der Waals surface area contributed by atoms with E-state index in [-0.39, 0.29) is 5.56 Å². The smallest absolute Gasteiger partial charge is 0.337 e. The molecule has 0 aromatic carbocycles. The van der Waals surface area contributed by atoms with Crippen LogP contribution in [-0.2, 0) is 6.54 Å². The van der Waals surface area contributed by atoms with Crippen LogP contribution in [-0.4, -0.2) is 32.2 Å². The topological polar surface area (TPSA) is 80.0 Å². The molecule has 2 heterocycles. The number of carboxylic acids is 1. The molecule has 6 heteroatoms. The second kappa shape index (κ2) is 5.99. The van der Waals surface area contributed by atoms with Crippen LogP contribution in [0.15, 0.2) is 30.9 Å². The molecule has 0 saturated heterocycles. The number of aromatic nitrogens is 3. The first-order valence-corrected chi connectivity index (χ1v) is 6.07. The van der Waals surface area contributed by atoms with Gasteiger partial charge in [-0.3, -0.25) is 0 Å². The van der Waals surface area contributed by atoms with Crippen molar-refractivity contribution in [1.29, 1.82) is 0 Å². The van der Waals surface area contributed by atoms with Crippen LogP contribution >= 0.6 is 0 Å². The van der Waals surface area contributed by atoms with Crippen LogP contribution in [0, 0.1) is 6.92 Å². The fraction of sp³-hybridized carbons (Fsp3) is 0.308. The lowest BCUT2D eigenvalue weighted by atomic mass is 10.2. The van der Waals surface area contributed by atoms with Gasteiger partial charge in [-0.15, -0.1) is 0 Å². The third-order valence-corrected chi connectivity index (χ3v) is 2.77. The SMILES string of the molecule is Cc1nc(NCCCn2ccnc2)ccc1C(=O)O. The minimum atomic E-state index is -0.948. The summed E-state index contributed by atoms with van der Waals surface area (Å²) in [7, 11) is 0. The van der Waals surface area contributed by atoms with Gasteiger partial charge in [0.05, 0.1) is 17.6 Å². The van der Waals surface area contributed by atoms with Crippen molar-refractivity contribution in [2.45, 2.75) is 19.9 Å². The second-order valence-corrected chi connectivity index (χ2v) is 4.22. The Balaban J connectivity index is 1.83. The van der Waals surface area contributed by atoms with Gasteiger partial charge in [0.2, 0.25) is 0 Å². The average molecular weight is 260 g/mol. The summed E-state index contributed by atoms with van der Waals surface area (Å²) in [5, 5.41) is 12.1. The Labute approximate surface area is 111 Å². The predicted molar refractivity (Wildman–Crippen MR) is 71.3 cm³/mol. The summed E-state index contributed by atoms with van der Waals surface area (Å²) < 4.78 is 2.01. The number of nitrogens with zero attached hydrogens (tertiary/aromatic N) is 3. The van der Waals surface area contributed by atoms with Crippen molar-refractivity contribution in [2.24, 2.45) is 0 Å². The van der Waals surface area contributed by atoms with Gasteiger partial charge in [0.15, 0.2) is 0 Å². The largest absolute Gasteiger partial charge is 0.478 e. The Bertz CT molecular complexity index is 552. The van der Waals surface area contributed by atoms with Gasteiger partial charge in [-0.25, -0.2) is 14.8 Å². The van der Waals surface area contributed by atoms with Crippen LogP contribution in [0.1, 0.15) is 22.5 Å². The van der Waals surface area contributed by atoms with E-state index >= 15 is 0 Å². The van der Waals surface area contributed by atoms with E-state index in [1.807, 2.05) is 10.8 Å². The van der Waals surface area contributed by atoms with Crippen molar-refractivity contribution in [3.63, 3.8) is 0 Å². The number of pyridine rings is 1. The molecule has 0 radical (unpaired) electrons. The lowest BCUT2D eigenvalue weighted by molar-refractivity contribution is 0.0695. The van der Waals surface area contributed by atoms with Crippen LogP contribution in [0.4, 0.5) is 5.82 Å². The van der Waals surface area contributed by atoms with Crippen LogP contribution in [0.3, 0.4) is 0 Å². The number of aromatic carboxylic acids is 1. The first-order chi connectivity index (χ1) is 9.16. The van der Waals surface area contributed by atoms with Crippen molar-refractivity contribution >= 4 is 11.8 Å². The van der Waals surface area contributed by atoms with E-state index in [4.69, 9.17) is 5.11 Å². The molecule has 2 rings (SSSR count). The van der Waals surface area contributed by atoms with Crippen molar-refractivity contribution in [3.8, 4) is 0 Å². The molecule has 0 spiro atoms. The normalized spacial score (nSPS) is 10.4. The predicted octanol–water partition coefficient (Wildman–Crippen LogP) is 1.79. The maximum absolute atomic E-state index is 10.9. The van der Waals surface area contributed by atoms with Gasteiger partial charge in [-0.2, -0.15) is 0 Å². The highest BCUT2D eigenvalue weighted by molar-refractivity contribution is 5.89. The summed E-state index contributed by atoms with van der Waals surface area (Å²) in [6.45, 7) is 3.36. The number of aryl methyl sites for hydroxylation is 2. The van der Waals surface area contributed by atoms with E-state index in [1.165, 1.54) is 0 Å². The first kappa shape index (κ1) is 13.1. The summed E-state index contributed by atoms with van der Waals surface area (Å²) in [5.74, 6) is -0.246. The van der Waals surface area contributed by atoms with E-state index in [0.29, 0.717) is 11.5 Å². The number of rotatable bonds is 6. The minimum Gasteiger partial charge on any atom is -0.478 e.